The van der Waals surface area contributed by atoms with E-state index in [0.717, 1.165) is 5.69 Å². The molecule has 5 heteroatoms. The molecule has 0 spiro atoms. The molecule has 0 unspecified atom stereocenters. The van der Waals surface area contributed by atoms with Gasteiger partial charge in [-0.2, -0.15) is 0 Å². The lowest BCUT2D eigenvalue weighted by atomic mass is 9.92. The number of hydrogen-bond acceptors (Lipinski definition) is 3. The van der Waals surface area contributed by atoms with Crippen molar-refractivity contribution in [2.75, 3.05) is 16.8 Å². The molecule has 0 aromatic heterocycles. The molecule has 2 atom stereocenters. The van der Waals surface area contributed by atoms with Crippen LogP contribution in [-0.2, 0) is 9.59 Å². The Morgan fingerprint density at radius 2 is 1.59 bits per heavy atom. The summed E-state index contributed by atoms with van der Waals surface area (Å²) < 4.78 is 0. The highest BCUT2D eigenvalue weighted by Crippen LogP contribution is 2.30. The van der Waals surface area contributed by atoms with Gasteiger partial charge < -0.3 is 5.32 Å². The quantitative estimate of drug-likeness (QED) is 0.761. The molecule has 2 amide bonds. The number of anilines is 2. The second-order valence-corrected chi connectivity index (χ2v) is 8.42. The van der Waals surface area contributed by atoms with Crippen molar-refractivity contribution < 1.29 is 9.59 Å². The van der Waals surface area contributed by atoms with Gasteiger partial charge in [-0.05, 0) is 42.0 Å². The van der Waals surface area contributed by atoms with Crippen LogP contribution in [0.2, 0.25) is 0 Å². The van der Waals surface area contributed by atoms with Crippen molar-refractivity contribution in [1.82, 2.24) is 5.32 Å². The Morgan fingerprint density at radius 1 is 0.966 bits per heavy atom. The third-order valence-corrected chi connectivity index (χ3v) is 5.47. The van der Waals surface area contributed by atoms with Gasteiger partial charge in [-0.15, -0.1) is 0 Å². The van der Waals surface area contributed by atoms with E-state index in [0.29, 0.717) is 17.5 Å². The van der Waals surface area contributed by atoms with Crippen LogP contribution in [0.1, 0.15) is 57.7 Å². The Balaban J connectivity index is 1.79. The molecular weight excluding hydrogens is 362 g/mol. The minimum atomic E-state index is -0.425. The number of nitrogens with one attached hydrogen (secondary N) is 2. The normalized spacial score (nSPS) is 15.8. The first-order valence-corrected chi connectivity index (χ1v) is 10.3. The first kappa shape index (κ1) is 21.1. The van der Waals surface area contributed by atoms with E-state index in [2.05, 4.69) is 62.6 Å². The molecule has 1 heterocycles. The van der Waals surface area contributed by atoms with Crippen molar-refractivity contribution in [2.45, 2.75) is 52.6 Å². The summed E-state index contributed by atoms with van der Waals surface area (Å²) in [7, 11) is 0. The molecule has 0 aliphatic carbocycles. The highest BCUT2D eigenvalue weighted by molar-refractivity contribution is 6.11. The van der Waals surface area contributed by atoms with E-state index in [9.17, 15) is 9.59 Å². The summed E-state index contributed by atoms with van der Waals surface area (Å²) in [5.41, 5.74) is 3.89. The van der Waals surface area contributed by atoms with Crippen molar-refractivity contribution in [1.29, 1.82) is 0 Å². The summed E-state index contributed by atoms with van der Waals surface area (Å²) >= 11 is 0. The summed E-state index contributed by atoms with van der Waals surface area (Å²) in [5, 5.41) is 6.33. The van der Waals surface area contributed by atoms with Crippen LogP contribution < -0.4 is 15.5 Å². The second-order valence-electron chi connectivity index (χ2n) is 8.42. The summed E-state index contributed by atoms with van der Waals surface area (Å²) in [4.78, 5) is 26.9. The number of rotatable bonds is 6. The van der Waals surface area contributed by atoms with Gasteiger partial charge in [-0.1, -0.05) is 64.1 Å². The number of fused-ring (bicyclic) bond motifs is 1. The third-order valence-electron chi connectivity index (χ3n) is 5.47. The fourth-order valence-electron chi connectivity index (χ4n) is 3.77. The zero-order valence-electron chi connectivity index (χ0n) is 17.9. The highest BCUT2D eigenvalue weighted by atomic mass is 16.2. The van der Waals surface area contributed by atoms with Gasteiger partial charge in [-0.3, -0.25) is 19.8 Å². The first-order chi connectivity index (χ1) is 13.8. The van der Waals surface area contributed by atoms with Gasteiger partial charge in [0.1, 0.15) is 6.54 Å². The molecule has 29 heavy (non-hydrogen) atoms. The van der Waals surface area contributed by atoms with Crippen LogP contribution in [0.25, 0.3) is 0 Å². The number of para-hydroxylation sites is 2. The molecule has 0 saturated carbocycles. The van der Waals surface area contributed by atoms with Crippen molar-refractivity contribution >= 4 is 23.2 Å². The molecule has 0 bridgehead atoms. The molecule has 2 aromatic carbocycles. The number of nitrogens with zero attached hydrogens (tertiary/aromatic N) is 1. The monoisotopic (exact) mass is 393 g/mol. The van der Waals surface area contributed by atoms with Gasteiger partial charge in [-0.25, -0.2) is 0 Å². The fourth-order valence-corrected chi connectivity index (χ4v) is 3.77. The average molecular weight is 394 g/mol. The Bertz CT molecular complexity index is 874. The van der Waals surface area contributed by atoms with Crippen molar-refractivity contribution in [3.63, 3.8) is 0 Å². The number of hydrogen-bond donors (Lipinski definition) is 2. The fraction of sp³-hybridized carbons (Fsp3) is 0.417. The standard InChI is InChI=1S/C24H31N3O2/c1-15(2)18-10-12-19(13-11-18)23(16(3)4)25-17(5)24(29)27-14-22(28)26-20-8-6-7-9-21(20)27/h6-13,15-17,23,25H,14H2,1-5H3,(H,26,28)/t17-,23-/m1/s1. The van der Waals surface area contributed by atoms with E-state index in [1.165, 1.54) is 11.1 Å². The average Bonchev–Trinajstić information content (AvgIpc) is 2.70. The van der Waals surface area contributed by atoms with E-state index in [1.54, 1.807) is 4.90 Å². The van der Waals surface area contributed by atoms with Crippen LogP contribution in [0.5, 0.6) is 0 Å². The lowest BCUT2D eigenvalue weighted by Gasteiger charge is -2.33. The molecule has 3 rings (SSSR count). The van der Waals surface area contributed by atoms with Crippen molar-refractivity contribution in [3.8, 4) is 0 Å². The van der Waals surface area contributed by atoms with E-state index in [-0.39, 0.29) is 24.4 Å². The molecule has 154 valence electrons. The first-order valence-electron chi connectivity index (χ1n) is 10.3. The van der Waals surface area contributed by atoms with Gasteiger partial charge in [0.15, 0.2) is 0 Å². The molecule has 0 radical (unpaired) electrons. The molecule has 2 aromatic rings. The van der Waals surface area contributed by atoms with Crippen LogP contribution >= 0.6 is 0 Å². The zero-order chi connectivity index (χ0) is 21.1. The van der Waals surface area contributed by atoms with E-state index in [1.807, 2.05) is 31.2 Å². The summed E-state index contributed by atoms with van der Waals surface area (Å²) in [5.74, 6) is 0.526. The van der Waals surface area contributed by atoms with Crippen LogP contribution in [0.3, 0.4) is 0 Å². The van der Waals surface area contributed by atoms with Crippen molar-refractivity contribution in [3.05, 3.63) is 59.7 Å². The highest BCUT2D eigenvalue weighted by Gasteiger charge is 2.31. The summed E-state index contributed by atoms with van der Waals surface area (Å²) in [6.45, 7) is 10.6. The summed E-state index contributed by atoms with van der Waals surface area (Å²) in [6.07, 6.45) is 0. The predicted molar refractivity (Wildman–Crippen MR) is 118 cm³/mol. The molecule has 2 N–H and O–H groups in total. The third kappa shape index (κ3) is 4.67. The topological polar surface area (TPSA) is 61.4 Å². The smallest absolute Gasteiger partial charge is 0.244 e. The maximum Gasteiger partial charge on any atom is 0.244 e. The Hall–Kier alpha value is -2.66. The Kier molecular flexibility index (Phi) is 6.38. The number of carbonyl (C=O) groups excluding carboxylic acids is 2. The number of benzene rings is 2. The molecule has 0 saturated heterocycles. The van der Waals surface area contributed by atoms with Gasteiger partial charge >= 0.3 is 0 Å². The predicted octanol–water partition coefficient (Wildman–Crippen LogP) is 4.47. The maximum absolute atomic E-state index is 13.2. The lowest BCUT2D eigenvalue weighted by molar-refractivity contribution is -0.123. The van der Waals surface area contributed by atoms with Gasteiger partial charge in [0.2, 0.25) is 11.8 Å². The van der Waals surface area contributed by atoms with Gasteiger partial charge in [0.25, 0.3) is 0 Å². The molecular formula is C24H31N3O2. The molecule has 1 aliphatic rings. The van der Waals surface area contributed by atoms with Crippen LogP contribution in [-0.4, -0.2) is 24.4 Å². The van der Waals surface area contributed by atoms with Crippen molar-refractivity contribution in [2.24, 2.45) is 5.92 Å². The maximum atomic E-state index is 13.2. The van der Waals surface area contributed by atoms with Gasteiger partial charge in [0.05, 0.1) is 17.4 Å². The van der Waals surface area contributed by atoms with Crippen LogP contribution in [0.4, 0.5) is 11.4 Å². The SMILES string of the molecule is CC(C)c1ccc([C@H](N[C@H](C)C(=O)N2CC(=O)Nc3ccccc32)C(C)C)cc1. The van der Waals surface area contributed by atoms with Crippen LogP contribution in [0, 0.1) is 5.92 Å². The number of amides is 2. The minimum absolute atomic E-state index is 0.0390. The minimum Gasteiger partial charge on any atom is -0.323 e. The molecule has 0 fully saturated rings. The zero-order valence-corrected chi connectivity index (χ0v) is 17.9. The van der Waals surface area contributed by atoms with E-state index >= 15 is 0 Å². The second kappa shape index (κ2) is 8.78. The lowest BCUT2D eigenvalue weighted by Crippen LogP contribution is -2.51. The van der Waals surface area contributed by atoms with Crippen LogP contribution in [0.15, 0.2) is 48.5 Å². The van der Waals surface area contributed by atoms with Gasteiger partial charge in [0, 0.05) is 6.04 Å². The molecule has 1 aliphatic heterocycles. The largest absolute Gasteiger partial charge is 0.323 e. The summed E-state index contributed by atoms with van der Waals surface area (Å²) in [6, 6.07) is 15.6. The number of carbonyl (C=O) groups is 2. The van der Waals surface area contributed by atoms with E-state index in [4.69, 9.17) is 0 Å². The van der Waals surface area contributed by atoms with E-state index < -0.39 is 6.04 Å². The Labute approximate surface area is 173 Å². The Morgan fingerprint density at radius 3 is 2.21 bits per heavy atom. The molecule has 5 nitrogen and oxygen atoms in total.